The largest absolute Gasteiger partial charge is 0.374 e. The molecular weight excluding hydrogens is 296 g/mol. The highest BCUT2D eigenvalue weighted by atomic mass is 16.5. The topological polar surface area (TPSA) is 18.5 Å². The average molecular weight is 322 g/mol. The predicted molar refractivity (Wildman–Crippen MR) is 84.8 cm³/mol. The molecule has 10 rings (SSSR count). The van der Waals surface area contributed by atoms with Crippen LogP contribution < -0.4 is 0 Å². The summed E-state index contributed by atoms with van der Waals surface area (Å²) < 4.78 is 13.6. The second-order valence-electron chi connectivity index (χ2n) is 11.9. The highest BCUT2D eigenvalue weighted by molar-refractivity contribution is 5.40. The first-order valence-electron chi connectivity index (χ1n) is 11.2. The molecule has 0 aromatic rings. The van der Waals surface area contributed by atoms with E-state index in [-0.39, 0.29) is 0 Å². The lowest BCUT2D eigenvalue weighted by Crippen LogP contribution is -2.43. The molecule has 0 aromatic heterocycles. The zero-order chi connectivity index (χ0) is 14.7. The zero-order valence-corrected chi connectivity index (χ0v) is 14.1. The molecule has 2 spiro atoms. The van der Waals surface area contributed by atoms with E-state index in [1.54, 1.807) is 0 Å². The second-order valence-corrected chi connectivity index (χ2v) is 11.9. The maximum absolute atomic E-state index is 6.80. The first-order valence-corrected chi connectivity index (χ1v) is 11.2. The van der Waals surface area contributed by atoms with E-state index in [9.17, 15) is 0 Å². The van der Waals surface area contributed by atoms with Gasteiger partial charge in [-0.2, -0.15) is 0 Å². The number of hydrogen-bond donors (Lipinski definition) is 0. The fraction of sp³-hybridized carbons (Fsp3) is 1.00. The zero-order valence-electron chi connectivity index (χ0n) is 14.1. The van der Waals surface area contributed by atoms with Crippen molar-refractivity contribution in [3.8, 4) is 0 Å². The maximum atomic E-state index is 6.80. The third kappa shape index (κ3) is 0.766. The minimum Gasteiger partial charge on any atom is -0.374 e. The molecule has 0 aromatic carbocycles. The van der Waals surface area contributed by atoms with Crippen molar-refractivity contribution in [2.45, 2.75) is 62.9 Å². The molecule has 2 aliphatic heterocycles. The molecule has 2 heterocycles. The van der Waals surface area contributed by atoms with Crippen LogP contribution in [-0.2, 0) is 9.47 Å². The summed E-state index contributed by atoms with van der Waals surface area (Å²) in [5, 5.41) is 0. The molecule has 24 heavy (non-hydrogen) atoms. The lowest BCUT2D eigenvalue weighted by atomic mass is 9.68. The molecule has 10 fully saturated rings. The van der Waals surface area contributed by atoms with Crippen LogP contribution in [0.15, 0.2) is 0 Å². The van der Waals surface area contributed by atoms with Crippen molar-refractivity contribution in [2.24, 2.45) is 70.0 Å². The highest BCUT2D eigenvalue weighted by Gasteiger charge is 2.94. The van der Waals surface area contributed by atoms with Crippen molar-refractivity contribution < 1.29 is 9.47 Å². The molecule has 8 saturated carbocycles. The van der Waals surface area contributed by atoms with E-state index in [2.05, 4.69) is 0 Å². The van der Waals surface area contributed by atoms with Crippen molar-refractivity contribution in [3.05, 3.63) is 0 Å². The summed E-state index contributed by atoms with van der Waals surface area (Å²) in [4.78, 5) is 0. The summed E-state index contributed by atoms with van der Waals surface area (Å²) in [5.41, 5.74) is 1.38. The van der Waals surface area contributed by atoms with Crippen LogP contribution in [0, 0.1) is 70.0 Å². The van der Waals surface area contributed by atoms with Crippen molar-refractivity contribution in [1.82, 2.24) is 0 Å². The minimum atomic E-state index is 0.675. The molecular formula is C22H26O2. The van der Waals surface area contributed by atoms with Gasteiger partial charge in [-0.3, -0.25) is 0 Å². The van der Waals surface area contributed by atoms with Gasteiger partial charge in [0, 0.05) is 10.8 Å². The van der Waals surface area contributed by atoms with Gasteiger partial charge in [-0.1, -0.05) is 0 Å². The van der Waals surface area contributed by atoms with E-state index in [4.69, 9.17) is 9.47 Å². The molecule has 2 heteroatoms. The number of fused-ring (bicyclic) bond motifs is 2. The summed E-state index contributed by atoms with van der Waals surface area (Å²) in [6, 6.07) is 0. The third-order valence-corrected chi connectivity index (χ3v) is 12.4. The van der Waals surface area contributed by atoms with Gasteiger partial charge in [-0.25, -0.2) is 0 Å². The molecule has 0 N–H and O–H groups in total. The number of ether oxygens (including phenoxy) is 2. The maximum Gasteiger partial charge on any atom is 0.0648 e. The Morgan fingerprint density at radius 3 is 1.54 bits per heavy atom. The van der Waals surface area contributed by atoms with Crippen molar-refractivity contribution >= 4 is 0 Å². The molecule has 0 bridgehead atoms. The van der Waals surface area contributed by atoms with Crippen LogP contribution >= 0.6 is 0 Å². The fourth-order valence-corrected chi connectivity index (χ4v) is 12.8. The Balaban J connectivity index is 1.32. The van der Waals surface area contributed by atoms with Crippen LogP contribution in [0.5, 0.6) is 0 Å². The predicted octanol–water partition coefficient (Wildman–Crippen LogP) is 3.11. The van der Waals surface area contributed by atoms with E-state index in [0.29, 0.717) is 35.2 Å². The summed E-state index contributed by atoms with van der Waals surface area (Å²) in [7, 11) is 0. The van der Waals surface area contributed by atoms with Gasteiger partial charge < -0.3 is 9.47 Å². The Morgan fingerprint density at radius 2 is 1.04 bits per heavy atom. The first kappa shape index (κ1) is 11.6. The van der Waals surface area contributed by atoms with E-state index < -0.39 is 0 Å². The minimum absolute atomic E-state index is 0.675. The van der Waals surface area contributed by atoms with Crippen molar-refractivity contribution in [1.29, 1.82) is 0 Å². The Morgan fingerprint density at radius 1 is 0.542 bits per heavy atom. The summed E-state index contributed by atoms with van der Waals surface area (Å²) >= 11 is 0. The van der Waals surface area contributed by atoms with Gasteiger partial charge in [0.05, 0.1) is 24.4 Å². The number of rotatable bonds is 0. The number of hydrogen-bond acceptors (Lipinski definition) is 2. The Hall–Kier alpha value is -0.0800. The Labute approximate surface area is 143 Å². The normalized spacial score (nSPS) is 87.0. The third-order valence-electron chi connectivity index (χ3n) is 12.4. The molecule has 126 valence electrons. The van der Waals surface area contributed by atoms with Crippen LogP contribution in [0.1, 0.15) is 38.5 Å². The quantitative estimate of drug-likeness (QED) is 0.682. The smallest absolute Gasteiger partial charge is 0.0648 e. The van der Waals surface area contributed by atoms with Crippen molar-refractivity contribution in [2.75, 3.05) is 0 Å². The van der Waals surface area contributed by atoms with Crippen LogP contribution in [0.4, 0.5) is 0 Å². The second kappa shape index (κ2) is 2.87. The van der Waals surface area contributed by atoms with Crippen LogP contribution in [0.3, 0.4) is 0 Å². The van der Waals surface area contributed by atoms with Gasteiger partial charge in [0.1, 0.15) is 0 Å². The standard InChI is InChI=1S/C22H26O2/c1-3-9-13-7(1)17-15-16-18(22(19(13)15)6-12(22)23-9)8-2-4-10-14(8)20(16)21(17)5-11(21)24-10/h7-20H,1-6H2/t7-,8+,9-,10+,11-,12-,13-,14+,15+,16+,17-,18+,19+,20+,21+,22+/m0/s1. The monoisotopic (exact) mass is 322 g/mol. The Kier molecular flexibility index (Phi) is 1.39. The molecule has 2 nitrogen and oxygen atoms in total. The van der Waals surface area contributed by atoms with Crippen LogP contribution in [0.2, 0.25) is 0 Å². The lowest BCUT2D eigenvalue weighted by Gasteiger charge is -2.42. The van der Waals surface area contributed by atoms with Crippen LogP contribution in [-0.4, -0.2) is 24.4 Å². The highest BCUT2D eigenvalue weighted by Crippen LogP contribution is 2.94. The molecule has 0 unspecified atom stereocenters. The van der Waals surface area contributed by atoms with Crippen LogP contribution in [0.25, 0.3) is 0 Å². The van der Waals surface area contributed by atoms with Gasteiger partial charge in [0.2, 0.25) is 0 Å². The average Bonchev–Trinajstić information content (AvgIpc) is 3.01. The Bertz CT molecular complexity index is 686. The lowest BCUT2D eigenvalue weighted by molar-refractivity contribution is -0.100. The summed E-state index contributed by atoms with van der Waals surface area (Å²) in [6.07, 6.45) is 11.5. The molecule has 10 aliphatic rings. The summed E-state index contributed by atoms with van der Waals surface area (Å²) in [5.74, 6) is 10.7. The van der Waals surface area contributed by atoms with Gasteiger partial charge in [-0.15, -0.1) is 0 Å². The molecule has 2 saturated heterocycles. The molecule has 0 amide bonds. The molecule has 16 atom stereocenters. The van der Waals surface area contributed by atoms with Gasteiger partial charge in [-0.05, 0) is 97.7 Å². The van der Waals surface area contributed by atoms with Gasteiger partial charge in [0.25, 0.3) is 0 Å². The molecule has 0 radical (unpaired) electrons. The van der Waals surface area contributed by atoms with E-state index >= 15 is 0 Å². The summed E-state index contributed by atoms with van der Waals surface area (Å²) in [6.45, 7) is 0. The fourth-order valence-electron chi connectivity index (χ4n) is 12.8. The van der Waals surface area contributed by atoms with E-state index in [1.165, 1.54) is 38.5 Å². The SMILES string of the molecule is C1C[C@H]2O[C@H]3C[C@@]34[C@H]3[C@@H]5[C@H]6[C@H]7[C@H]8[C@H](CC[C@@H]8O[C@H]8C[C@@]78[C@@H]5[C@H]1[C@@H]32)[C@@H]64. The van der Waals surface area contributed by atoms with Gasteiger partial charge >= 0.3 is 0 Å². The first-order chi connectivity index (χ1) is 11.9. The van der Waals surface area contributed by atoms with Gasteiger partial charge in [0.15, 0.2) is 0 Å². The van der Waals surface area contributed by atoms with E-state index in [1.807, 2.05) is 0 Å². The van der Waals surface area contributed by atoms with E-state index in [0.717, 1.165) is 59.2 Å². The molecule has 8 aliphatic carbocycles. The van der Waals surface area contributed by atoms with Crippen molar-refractivity contribution in [3.63, 3.8) is 0 Å².